The number of aryl methyl sites for hydroxylation is 1. The zero-order valence-corrected chi connectivity index (χ0v) is 17.5. The van der Waals surface area contributed by atoms with Crippen LogP contribution in [0.15, 0.2) is 40.9 Å². The van der Waals surface area contributed by atoms with E-state index >= 15 is 0 Å². The number of fused-ring (bicyclic) bond motifs is 1. The number of carbonyl (C=O) groups excluding carboxylic acids is 1. The summed E-state index contributed by atoms with van der Waals surface area (Å²) in [7, 11) is 0. The molecule has 4 rings (SSSR count). The molecular formula is C22H28N6O2. The van der Waals surface area contributed by atoms with Gasteiger partial charge in [-0.1, -0.05) is 13.0 Å². The van der Waals surface area contributed by atoms with Gasteiger partial charge in [-0.15, -0.1) is 10.2 Å². The molecule has 1 aliphatic heterocycles. The maximum atomic E-state index is 12.2. The van der Waals surface area contributed by atoms with E-state index in [1.54, 1.807) is 24.4 Å². The van der Waals surface area contributed by atoms with E-state index in [9.17, 15) is 4.79 Å². The molecule has 1 aliphatic rings. The monoisotopic (exact) mass is 408 g/mol. The highest BCUT2D eigenvalue weighted by Gasteiger charge is 2.20. The van der Waals surface area contributed by atoms with Gasteiger partial charge in [-0.25, -0.2) is 0 Å². The van der Waals surface area contributed by atoms with Gasteiger partial charge in [0.1, 0.15) is 23.0 Å². The van der Waals surface area contributed by atoms with E-state index in [-0.39, 0.29) is 5.91 Å². The fourth-order valence-corrected chi connectivity index (χ4v) is 3.76. The predicted octanol–water partition coefficient (Wildman–Crippen LogP) is 2.56. The van der Waals surface area contributed by atoms with Crippen LogP contribution >= 0.6 is 0 Å². The third-order valence-corrected chi connectivity index (χ3v) is 5.63. The zero-order valence-electron chi connectivity index (χ0n) is 17.5. The number of carbonyl (C=O) groups is 1. The van der Waals surface area contributed by atoms with E-state index < -0.39 is 0 Å². The molecule has 30 heavy (non-hydrogen) atoms. The Morgan fingerprint density at radius 1 is 1.20 bits per heavy atom. The number of amides is 1. The average Bonchev–Trinajstić information content (AvgIpc) is 3.32. The van der Waals surface area contributed by atoms with Crippen LogP contribution in [0, 0.1) is 6.92 Å². The molecule has 0 spiro atoms. The third-order valence-electron chi connectivity index (χ3n) is 5.63. The van der Waals surface area contributed by atoms with Gasteiger partial charge in [0.25, 0.3) is 5.91 Å². The molecule has 0 aliphatic carbocycles. The first-order valence-electron chi connectivity index (χ1n) is 10.5. The minimum Gasteiger partial charge on any atom is -0.466 e. The van der Waals surface area contributed by atoms with E-state index in [1.165, 1.54) is 0 Å². The molecule has 0 radical (unpaired) electrons. The predicted molar refractivity (Wildman–Crippen MR) is 112 cm³/mol. The lowest BCUT2D eigenvalue weighted by Gasteiger charge is -2.21. The molecule has 1 atom stereocenters. The number of hydrogen-bond donors (Lipinski definition) is 1. The van der Waals surface area contributed by atoms with Crippen molar-refractivity contribution in [3.8, 4) is 0 Å². The van der Waals surface area contributed by atoms with Crippen molar-refractivity contribution in [2.24, 2.45) is 0 Å². The Hall–Kier alpha value is -3.00. The van der Waals surface area contributed by atoms with Crippen molar-refractivity contribution in [2.75, 3.05) is 19.6 Å². The molecular weight excluding hydrogens is 380 g/mol. The summed E-state index contributed by atoms with van der Waals surface area (Å²) in [5.74, 6) is 3.99. The molecule has 1 N–H and O–H groups in total. The van der Waals surface area contributed by atoms with Crippen LogP contribution in [0.25, 0.3) is 0 Å². The summed E-state index contributed by atoms with van der Waals surface area (Å²) in [5, 5.41) is 11.5. The summed E-state index contributed by atoms with van der Waals surface area (Å²) in [4.78, 5) is 18.8. The SMILES string of the molecule is Cc1ccc([C@H](C)CCN2CCc3nnc(CNC(=O)c4ccccn4)n3CC2)o1. The Balaban J connectivity index is 1.30. The summed E-state index contributed by atoms with van der Waals surface area (Å²) < 4.78 is 7.90. The van der Waals surface area contributed by atoms with Crippen molar-refractivity contribution >= 4 is 5.91 Å². The quantitative estimate of drug-likeness (QED) is 0.646. The molecule has 0 fully saturated rings. The van der Waals surface area contributed by atoms with Gasteiger partial charge in [-0.05, 0) is 44.2 Å². The topological polar surface area (TPSA) is 89.1 Å². The van der Waals surface area contributed by atoms with Crippen molar-refractivity contribution in [1.82, 2.24) is 30.0 Å². The lowest BCUT2D eigenvalue weighted by atomic mass is 10.0. The Bertz CT molecular complexity index is 981. The van der Waals surface area contributed by atoms with Crippen LogP contribution in [0.1, 0.15) is 52.9 Å². The van der Waals surface area contributed by atoms with Crippen molar-refractivity contribution < 1.29 is 9.21 Å². The first-order valence-corrected chi connectivity index (χ1v) is 10.5. The first-order chi connectivity index (χ1) is 14.6. The van der Waals surface area contributed by atoms with Crippen molar-refractivity contribution in [2.45, 2.75) is 45.7 Å². The summed E-state index contributed by atoms with van der Waals surface area (Å²) in [5.41, 5.74) is 0.403. The maximum absolute atomic E-state index is 12.2. The fourth-order valence-electron chi connectivity index (χ4n) is 3.76. The molecule has 0 saturated carbocycles. The molecule has 8 heteroatoms. The minimum atomic E-state index is -0.203. The molecule has 1 amide bonds. The van der Waals surface area contributed by atoms with E-state index in [1.807, 2.05) is 13.0 Å². The van der Waals surface area contributed by atoms with Crippen LogP contribution in [0.2, 0.25) is 0 Å². The average molecular weight is 409 g/mol. The van der Waals surface area contributed by atoms with Gasteiger partial charge < -0.3 is 19.2 Å². The normalized spacial score (nSPS) is 15.4. The molecule has 0 aromatic carbocycles. The summed E-state index contributed by atoms with van der Waals surface area (Å²) >= 11 is 0. The molecule has 4 heterocycles. The van der Waals surface area contributed by atoms with Crippen molar-refractivity contribution in [1.29, 1.82) is 0 Å². The van der Waals surface area contributed by atoms with Crippen LogP contribution in [0.3, 0.4) is 0 Å². The van der Waals surface area contributed by atoms with Gasteiger partial charge >= 0.3 is 0 Å². The molecule has 3 aromatic heterocycles. The second-order valence-corrected chi connectivity index (χ2v) is 7.81. The highest BCUT2D eigenvalue weighted by atomic mass is 16.3. The van der Waals surface area contributed by atoms with Gasteiger partial charge in [0.2, 0.25) is 0 Å². The molecule has 8 nitrogen and oxygen atoms in total. The minimum absolute atomic E-state index is 0.203. The van der Waals surface area contributed by atoms with Gasteiger partial charge in [0.15, 0.2) is 5.82 Å². The van der Waals surface area contributed by atoms with Crippen LogP contribution in [-0.2, 0) is 19.5 Å². The van der Waals surface area contributed by atoms with Gasteiger partial charge in [-0.3, -0.25) is 9.78 Å². The largest absolute Gasteiger partial charge is 0.466 e. The Morgan fingerprint density at radius 3 is 2.87 bits per heavy atom. The van der Waals surface area contributed by atoms with Gasteiger partial charge in [0.05, 0.1) is 6.54 Å². The van der Waals surface area contributed by atoms with Gasteiger partial charge in [0, 0.05) is 38.2 Å². The van der Waals surface area contributed by atoms with Crippen LogP contribution in [-0.4, -0.2) is 50.2 Å². The van der Waals surface area contributed by atoms with E-state index in [0.717, 1.165) is 62.2 Å². The Kier molecular flexibility index (Phi) is 6.23. The third kappa shape index (κ3) is 4.76. The number of pyridine rings is 1. The van der Waals surface area contributed by atoms with E-state index in [2.05, 4.69) is 43.0 Å². The highest BCUT2D eigenvalue weighted by Crippen LogP contribution is 2.22. The number of hydrogen-bond acceptors (Lipinski definition) is 6. The van der Waals surface area contributed by atoms with Crippen LogP contribution < -0.4 is 5.32 Å². The Labute approximate surface area is 176 Å². The maximum Gasteiger partial charge on any atom is 0.270 e. The molecule has 0 unspecified atom stereocenters. The van der Waals surface area contributed by atoms with E-state index in [0.29, 0.717) is 18.2 Å². The smallest absolute Gasteiger partial charge is 0.270 e. The molecule has 158 valence electrons. The van der Waals surface area contributed by atoms with E-state index in [4.69, 9.17) is 4.42 Å². The lowest BCUT2D eigenvalue weighted by molar-refractivity contribution is 0.0944. The zero-order chi connectivity index (χ0) is 20.9. The summed E-state index contributed by atoms with van der Waals surface area (Å²) in [6.45, 7) is 8.29. The molecule has 3 aromatic rings. The standard InChI is InChI=1S/C22H28N6O2/c1-16(19-7-6-17(2)30-19)8-11-27-12-9-20-25-26-21(28(20)14-13-27)15-24-22(29)18-5-3-4-10-23-18/h3-7,10,16H,8-9,11-15H2,1-2H3,(H,24,29)/t16-/m1/s1. The summed E-state index contributed by atoms with van der Waals surface area (Å²) in [6.07, 6.45) is 3.52. The number of aromatic nitrogens is 4. The van der Waals surface area contributed by atoms with Gasteiger partial charge in [-0.2, -0.15) is 0 Å². The molecule has 0 saturated heterocycles. The second-order valence-electron chi connectivity index (χ2n) is 7.81. The number of furan rings is 1. The Morgan fingerprint density at radius 2 is 2.10 bits per heavy atom. The number of rotatable bonds is 7. The second kappa shape index (κ2) is 9.21. The highest BCUT2D eigenvalue weighted by molar-refractivity contribution is 5.92. The lowest BCUT2D eigenvalue weighted by Crippen LogP contribution is -2.29. The summed E-state index contributed by atoms with van der Waals surface area (Å²) in [6, 6.07) is 9.39. The first kappa shape index (κ1) is 20.3. The number of nitrogens with one attached hydrogen (secondary N) is 1. The fraction of sp³-hybridized carbons (Fsp3) is 0.455. The number of nitrogens with zero attached hydrogens (tertiary/aromatic N) is 5. The van der Waals surface area contributed by atoms with Crippen molar-refractivity contribution in [3.63, 3.8) is 0 Å². The molecule has 0 bridgehead atoms. The van der Waals surface area contributed by atoms with Crippen LogP contribution in [0.4, 0.5) is 0 Å². The van der Waals surface area contributed by atoms with Crippen LogP contribution in [0.5, 0.6) is 0 Å². The van der Waals surface area contributed by atoms with Crippen molar-refractivity contribution in [3.05, 3.63) is 65.4 Å².